The van der Waals surface area contributed by atoms with E-state index in [0.717, 1.165) is 0 Å². The summed E-state index contributed by atoms with van der Waals surface area (Å²) in [6, 6.07) is 8.84. The Morgan fingerprint density at radius 2 is 1.88 bits per heavy atom. The smallest absolute Gasteiger partial charge is 0.341 e. The number of carbonyl (C=O) groups is 1. The van der Waals surface area contributed by atoms with Crippen molar-refractivity contribution >= 4 is 5.97 Å². The minimum atomic E-state index is -0.964. The number of ether oxygens (including phenoxy) is 1. The molecule has 0 aliphatic heterocycles. The van der Waals surface area contributed by atoms with Crippen molar-refractivity contribution in [2.24, 2.45) is 0 Å². The lowest BCUT2D eigenvalue weighted by Gasteiger charge is -2.00. The van der Waals surface area contributed by atoms with E-state index in [0.29, 0.717) is 5.75 Å². The molecule has 0 fully saturated rings. The maximum Gasteiger partial charge on any atom is 0.341 e. The molecule has 0 aromatic heterocycles. The van der Waals surface area contributed by atoms with Crippen LogP contribution in [0, 0.1) is 0 Å². The average molecular weight is 228 g/mol. The summed E-state index contributed by atoms with van der Waals surface area (Å²) >= 11 is 0. The summed E-state index contributed by atoms with van der Waals surface area (Å²) < 4.78 is 4.87. The summed E-state index contributed by atoms with van der Waals surface area (Å²) in [5.41, 5.74) is 0. The van der Waals surface area contributed by atoms with Crippen LogP contribution in [0.5, 0.6) is 5.75 Å². The third-order valence-electron chi connectivity index (χ3n) is 1.37. The maximum absolute atomic E-state index is 10.0. The molecule has 5 heteroatoms. The number of carboxylic acid groups (broad SMARTS) is 1. The van der Waals surface area contributed by atoms with Crippen molar-refractivity contribution < 1.29 is 24.9 Å². The fourth-order valence-corrected chi connectivity index (χ4v) is 0.662. The van der Waals surface area contributed by atoms with Crippen LogP contribution < -0.4 is 4.74 Å². The molecule has 0 heterocycles. The van der Waals surface area contributed by atoms with Crippen molar-refractivity contribution in [3.05, 3.63) is 30.3 Å². The van der Waals surface area contributed by atoms with E-state index in [1.165, 1.54) is 6.92 Å². The molecule has 1 atom stereocenters. The molecule has 1 aromatic rings. The van der Waals surface area contributed by atoms with Gasteiger partial charge < -0.3 is 20.1 Å². The zero-order valence-electron chi connectivity index (χ0n) is 9.04. The number of carboxylic acids is 1. The largest absolute Gasteiger partial charge is 0.482 e. The number of hydrogen-bond donors (Lipinski definition) is 3. The zero-order valence-corrected chi connectivity index (χ0v) is 9.04. The standard InChI is InChI=1S/C8H8O3.C3H8O2/c9-8(10)6-11-7-4-2-1-3-5-7;1-3(5)2-4/h1-5H,6H2,(H,9,10);3-5H,2H2,1H3. The number of aliphatic hydroxyl groups excluding tert-OH is 2. The van der Waals surface area contributed by atoms with Crippen molar-refractivity contribution in [3.63, 3.8) is 0 Å². The average Bonchev–Trinajstić information content (AvgIpc) is 2.28. The fourth-order valence-electron chi connectivity index (χ4n) is 0.662. The quantitative estimate of drug-likeness (QED) is 0.699. The second-order valence-electron chi connectivity index (χ2n) is 3.03. The van der Waals surface area contributed by atoms with Gasteiger partial charge in [-0.15, -0.1) is 0 Å². The number of aliphatic carboxylic acids is 1. The maximum atomic E-state index is 10.0. The van der Waals surface area contributed by atoms with Crippen LogP contribution in [0.15, 0.2) is 30.3 Å². The lowest BCUT2D eigenvalue weighted by molar-refractivity contribution is -0.139. The third kappa shape index (κ3) is 8.98. The van der Waals surface area contributed by atoms with Crippen LogP contribution in [0.4, 0.5) is 0 Å². The Kier molecular flexibility index (Phi) is 7.83. The molecule has 0 spiro atoms. The highest BCUT2D eigenvalue weighted by molar-refractivity contribution is 5.68. The van der Waals surface area contributed by atoms with Gasteiger partial charge in [0.1, 0.15) is 5.75 Å². The molecule has 5 nitrogen and oxygen atoms in total. The molecule has 0 saturated carbocycles. The molecule has 16 heavy (non-hydrogen) atoms. The van der Waals surface area contributed by atoms with Crippen LogP contribution in [0.25, 0.3) is 0 Å². The van der Waals surface area contributed by atoms with Crippen LogP contribution in [-0.2, 0) is 4.79 Å². The van der Waals surface area contributed by atoms with Crippen molar-refractivity contribution in [2.45, 2.75) is 13.0 Å². The van der Waals surface area contributed by atoms with Crippen LogP contribution in [0.2, 0.25) is 0 Å². The van der Waals surface area contributed by atoms with Gasteiger partial charge >= 0.3 is 5.97 Å². The molecule has 1 rings (SSSR count). The van der Waals surface area contributed by atoms with E-state index in [1.807, 2.05) is 6.07 Å². The molecule has 1 unspecified atom stereocenters. The van der Waals surface area contributed by atoms with E-state index < -0.39 is 12.1 Å². The summed E-state index contributed by atoms with van der Waals surface area (Å²) in [4.78, 5) is 10.0. The molecule has 90 valence electrons. The molecule has 0 aliphatic rings. The van der Waals surface area contributed by atoms with Crippen molar-refractivity contribution in [2.75, 3.05) is 13.2 Å². The Labute approximate surface area is 93.9 Å². The zero-order chi connectivity index (χ0) is 12.4. The molecule has 0 aliphatic carbocycles. The Hall–Kier alpha value is -1.59. The number of hydrogen-bond acceptors (Lipinski definition) is 4. The van der Waals surface area contributed by atoms with E-state index in [9.17, 15) is 4.79 Å². The molecule has 1 aromatic carbocycles. The van der Waals surface area contributed by atoms with Gasteiger partial charge in [0.05, 0.1) is 12.7 Å². The van der Waals surface area contributed by atoms with E-state index in [-0.39, 0.29) is 13.2 Å². The predicted octanol–water partition coefficient (Wildman–Crippen LogP) is 0.509. The Balaban J connectivity index is 0.000000385. The van der Waals surface area contributed by atoms with Gasteiger partial charge in [-0.1, -0.05) is 18.2 Å². The summed E-state index contributed by atoms with van der Waals surface area (Å²) in [7, 11) is 0. The first kappa shape index (κ1) is 14.4. The van der Waals surface area contributed by atoms with Crippen LogP contribution in [0.1, 0.15) is 6.92 Å². The van der Waals surface area contributed by atoms with Gasteiger partial charge in [0.2, 0.25) is 0 Å². The molecular formula is C11H16O5. The first-order chi connectivity index (χ1) is 7.56. The second-order valence-corrected chi connectivity index (χ2v) is 3.03. The van der Waals surface area contributed by atoms with Gasteiger partial charge in [-0.2, -0.15) is 0 Å². The number of rotatable bonds is 4. The summed E-state index contributed by atoms with van der Waals surface area (Å²) in [5, 5.41) is 24.3. The Bertz CT molecular complexity index is 284. The predicted molar refractivity (Wildman–Crippen MR) is 58.3 cm³/mol. The van der Waals surface area contributed by atoms with Crippen molar-refractivity contribution in [3.8, 4) is 5.75 Å². The van der Waals surface area contributed by atoms with E-state index in [2.05, 4.69) is 0 Å². The van der Waals surface area contributed by atoms with Gasteiger partial charge in [0.25, 0.3) is 0 Å². The van der Waals surface area contributed by atoms with E-state index in [1.54, 1.807) is 24.3 Å². The van der Waals surface area contributed by atoms with E-state index in [4.69, 9.17) is 20.1 Å². The van der Waals surface area contributed by atoms with Gasteiger partial charge in [0.15, 0.2) is 6.61 Å². The van der Waals surface area contributed by atoms with Crippen LogP contribution in [-0.4, -0.2) is 40.6 Å². The Morgan fingerprint density at radius 1 is 1.38 bits per heavy atom. The lowest BCUT2D eigenvalue weighted by atomic mass is 10.3. The van der Waals surface area contributed by atoms with E-state index >= 15 is 0 Å². The second kappa shape index (κ2) is 8.70. The Morgan fingerprint density at radius 3 is 2.25 bits per heavy atom. The first-order valence-electron chi connectivity index (χ1n) is 4.74. The monoisotopic (exact) mass is 228 g/mol. The molecule has 0 saturated heterocycles. The summed E-state index contributed by atoms with van der Waals surface area (Å²) in [6.07, 6.45) is -0.560. The van der Waals surface area contributed by atoms with Crippen molar-refractivity contribution in [1.82, 2.24) is 0 Å². The minimum Gasteiger partial charge on any atom is -0.482 e. The van der Waals surface area contributed by atoms with Gasteiger partial charge in [0, 0.05) is 0 Å². The molecule has 0 amide bonds. The minimum absolute atomic E-state index is 0.139. The summed E-state index contributed by atoms with van der Waals surface area (Å²) in [6.45, 7) is 1.10. The number of benzene rings is 1. The first-order valence-corrected chi connectivity index (χ1v) is 4.74. The summed E-state index contributed by atoms with van der Waals surface area (Å²) in [5.74, 6) is -0.385. The highest BCUT2D eigenvalue weighted by Crippen LogP contribution is 2.07. The highest BCUT2D eigenvalue weighted by Gasteiger charge is 1.96. The fraction of sp³-hybridized carbons (Fsp3) is 0.364. The number of aliphatic hydroxyl groups is 2. The van der Waals surface area contributed by atoms with Gasteiger partial charge in [-0.25, -0.2) is 4.79 Å². The SMILES string of the molecule is CC(O)CO.O=C(O)COc1ccccc1. The third-order valence-corrected chi connectivity index (χ3v) is 1.37. The van der Waals surface area contributed by atoms with Gasteiger partial charge in [-0.05, 0) is 19.1 Å². The van der Waals surface area contributed by atoms with Crippen molar-refractivity contribution in [1.29, 1.82) is 0 Å². The number of para-hydroxylation sites is 1. The molecule has 0 bridgehead atoms. The van der Waals surface area contributed by atoms with Crippen LogP contribution in [0.3, 0.4) is 0 Å². The molecule has 0 radical (unpaired) electrons. The molecular weight excluding hydrogens is 212 g/mol. The molecule has 3 N–H and O–H groups in total. The van der Waals surface area contributed by atoms with Crippen LogP contribution >= 0.6 is 0 Å². The highest BCUT2D eigenvalue weighted by atomic mass is 16.5. The lowest BCUT2D eigenvalue weighted by Crippen LogP contribution is -2.09. The van der Waals surface area contributed by atoms with Gasteiger partial charge in [-0.3, -0.25) is 0 Å². The topological polar surface area (TPSA) is 87.0 Å². The normalized spacial score (nSPS) is 10.9.